The number of thiazole rings is 1. The summed E-state index contributed by atoms with van der Waals surface area (Å²) >= 11 is 8.28. The molecule has 0 spiro atoms. The number of thioether (sulfide) groups is 1. The molecule has 34 heavy (non-hydrogen) atoms. The van der Waals surface area contributed by atoms with Crippen molar-refractivity contribution in [3.05, 3.63) is 82.9 Å². The van der Waals surface area contributed by atoms with Crippen LogP contribution >= 0.6 is 34.7 Å². The molecule has 0 saturated heterocycles. The number of carbonyl (C=O) groups excluding carboxylic acids is 2. The Balaban J connectivity index is 1.39. The molecule has 4 rings (SSSR count). The van der Waals surface area contributed by atoms with Gasteiger partial charge in [-0.2, -0.15) is 13.2 Å². The molecule has 0 aliphatic heterocycles. The van der Waals surface area contributed by atoms with E-state index in [0.29, 0.717) is 26.1 Å². The second kappa shape index (κ2) is 10.0. The molecule has 0 aliphatic carbocycles. The van der Waals surface area contributed by atoms with Crippen LogP contribution in [0.4, 0.5) is 24.5 Å². The highest BCUT2D eigenvalue weighted by atomic mass is 35.5. The molecule has 0 aliphatic rings. The van der Waals surface area contributed by atoms with Crippen LogP contribution in [0.15, 0.2) is 71.1 Å². The van der Waals surface area contributed by atoms with Crippen LogP contribution in [0, 0.1) is 0 Å². The van der Waals surface area contributed by atoms with Gasteiger partial charge in [0.25, 0.3) is 5.91 Å². The van der Waals surface area contributed by atoms with Crippen molar-refractivity contribution in [3.63, 3.8) is 0 Å². The standard InChI is InChI=1S/C23H15ClF3N3O2S2/c24-14-7-5-13(6-8-14)21(32)28-15-9-10-18-19(11-15)34-22(30-18)33-12-20(31)29-17-4-2-1-3-16(17)23(25,26)27/h1-11H,12H2,(H,28,32)(H,29,31). The van der Waals surface area contributed by atoms with Crippen molar-refractivity contribution in [2.75, 3.05) is 16.4 Å². The third-order valence-electron chi connectivity index (χ3n) is 4.57. The van der Waals surface area contributed by atoms with Gasteiger partial charge in [0.1, 0.15) is 0 Å². The number of nitrogens with one attached hydrogen (secondary N) is 2. The van der Waals surface area contributed by atoms with Crippen molar-refractivity contribution >= 4 is 68.1 Å². The van der Waals surface area contributed by atoms with Crippen LogP contribution in [0.5, 0.6) is 0 Å². The van der Waals surface area contributed by atoms with Crippen LogP contribution in [0.1, 0.15) is 15.9 Å². The molecular weight excluding hydrogens is 507 g/mol. The Kier molecular flexibility index (Phi) is 7.11. The maximum absolute atomic E-state index is 13.1. The van der Waals surface area contributed by atoms with Crippen LogP contribution in [0.3, 0.4) is 0 Å². The summed E-state index contributed by atoms with van der Waals surface area (Å²) in [5.74, 6) is -0.963. The summed E-state index contributed by atoms with van der Waals surface area (Å²) in [5, 5.41) is 5.65. The number of hydrogen-bond acceptors (Lipinski definition) is 5. The summed E-state index contributed by atoms with van der Waals surface area (Å²) in [6, 6.07) is 16.5. The number of para-hydroxylation sites is 1. The number of fused-ring (bicyclic) bond motifs is 1. The van der Waals surface area contributed by atoms with Crippen molar-refractivity contribution < 1.29 is 22.8 Å². The first-order chi connectivity index (χ1) is 16.2. The zero-order valence-electron chi connectivity index (χ0n) is 17.2. The first-order valence-electron chi connectivity index (χ1n) is 9.75. The molecule has 2 N–H and O–H groups in total. The Hall–Kier alpha value is -3.08. The van der Waals surface area contributed by atoms with Gasteiger partial charge in [0.15, 0.2) is 4.34 Å². The molecule has 3 aromatic carbocycles. The van der Waals surface area contributed by atoms with E-state index in [9.17, 15) is 22.8 Å². The number of aromatic nitrogens is 1. The molecule has 0 saturated carbocycles. The summed E-state index contributed by atoms with van der Waals surface area (Å²) in [6.45, 7) is 0. The fraction of sp³-hybridized carbons (Fsp3) is 0.0870. The Morgan fingerprint density at radius 3 is 2.47 bits per heavy atom. The van der Waals surface area contributed by atoms with Crippen LogP contribution in [-0.4, -0.2) is 22.6 Å². The number of benzene rings is 3. The van der Waals surface area contributed by atoms with Gasteiger partial charge in [0, 0.05) is 16.3 Å². The van der Waals surface area contributed by atoms with E-state index in [1.807, 2.05) is 0 Å². The topological polar surface area (TPSA) is 71.1 Å². The van der Waals surface area contributed by atoms with Crippen molar-refractivity contribution in [3.8, 4) is 0 Å². The van der Waals surface area contributed by atoms with Gasteiger partial charge in [-0.25, -0.2) is 4.98 Å². The minimum absolute atomic E-state index is 0.105. The average molecular weight is 522 g/mol. The van der Waals surface area contributed by atoms with Gasteiger partial charge in [-0.15, -0.1) is 11.3 Å². The van der Waals surface area contributed by atoms with Crippen LogP contribution in [0.2, 0.25) is 5.02 Å². The molecule has 1 aromatic heterocycles. The molecule has 4 aromatic rings. The van der Waals surface area contributed by atoms with E-state index in [1.165, 1.54) is 29.5 Å². The van der Waals surface area contributed by atoms with Gasteiger partial charge in [0.2, 0.25) is 5.91 Å². The van der Waals surface area contributed by atoms with Crippen LogP contribution < -0.4 is 10.6 Å². The molecule has 0 fully saturated rings. The van der Waals surface area contributed by atoms with Crippen LogP contribution in [-0.2, 0) is 11.0 Å². The normalized spacial score (nSPS) is 11.4. The molecule has 2 amide bonds. The van der Waals surface area contributed by atoms with Gasteiger partial charge < -0.3 is 10.6 Å². The molecule has 0 unspecified atom stereocenters. The van der Waals surface area contributed by atoms with Crippen molar-refractivity contribution in [1.29, 1.82) is 0 Å². The largest absolute Gasteiger partial charge is 0.418 e. The highest BCUT2D eigenvalue weighted by Crippen LogP contribution is 2.35. The Morgan fingerprint density at radius 1 is 1.00 bits per heavy atom. The minimum Gasteiger partial charge on any atom is -0.325 e. The molecule has 1 heterocycles. The van der Waals surface area contributed by atoms with Gasteiger partial charge in [0.05, 0.1) is 27.2 Å². The van der Waals surface area contributed by atoms with Crippen molar-refractivity contribution in [2.24, 2.45) is 0 Å². The van der Waals surface area contributed by atoms with E-state index in [2.05, 4.69) is 15.6 Å². The number of nitrogens with zero attached hydrogens (tertiary/aromatic N) is 1. The van der Waals surface area contributed by atoms with Crippen molar-refractivity contribution in [2.45, 2.75) is 10.5 Å². The molecule has 11 heteroatoms. The predicted octanol–water partition coefficient (Wildman–Crippen LogP) is 6.95. The predicted molar refractivity (Wildman–Crippen MR) is 130 cm³/mol. The SMILES string of the molecule is O=C(CSc1nc2ccc(NC(=O)c3ccc(Cl)cc3)cc2s1)Nc1ccccc1C(F)(F)F. The first-order valence-corrected chi connectivity index (χ1v) is 11.9. The lowest BCUT2D eigenvalue weighted by Crippen LogP contribution is -2.18. The monoisotopic (exact) mass is 521 g/mol. The average Bonchev–Trinajstić information content (AvgIpc) is 3.20. The third kappa shape index (κ3) is 5.88. The minimum atomic E-state index is -4.56. The summed E-state index contributed by atoms with van der Waals surface area (Å²) in [5.41, 5.74) is 0.532. The molecule has 174 valence electrons. The maximum atomic E-state index is 13.1. The maximum Gasteiger partial charge on any atom is 0.418 e. The van der Waals surface area contributed by atoms with Crippen molar-refractivity contribution in [1.82, 2.24) is 4.98 Å². The van der Waals surface area contributed by atoms with Gasteiger partial charge in [-0.1, -0.05) is 35.5 Å². The summed E-state index contributed by atoms with van der Waals surface area (Å²) in [6.07, 6.45) is -4.56. The second-order valence-corrected chi connectivity index (χ2v) is 9.69. The second-order valence-electron chi connectivity index (χ2n) is 7.00. The molecule has 5 nitrogen and oxygen atoms in total. The van der Waals surface area contributed by atoms with Gasteiger partial charge in [-0.05, 0) is 54.6 Å². The Bertz CT molecular complexity index is 1360. The summed E-state index contributed by atoms with van der Waals surface area (Å²) < 4.78 is 40.7. The van der Waals surface area contributed by atoms with E-state index in [0.717, 1.165) is 22.5 Å². The number of rotatable bonds is 6. The number of alkyl halides is 3. The lowest BCUT2D eigenvalue weighted by Gasteiger charge is -2.13. The highest BCUT2D eigenvalue weighted by molar-refractivity contribution is 8.01. The van der Waals surface area contributed by atoms with Gasteiger partial charge in [-0.3, -0.25) is 9.59 Å². The number of hydrogen-bond donors (Lipinski definition) is 2. The fourth-order valence-electron chi connectivity index (χ4n) is 3.00. The number of anilines is 2. The quantitative estimate of drug-likeness (QED) is 0.269. The molecule has 0 radical (unpaired) electrons. The smallest absolute Gasteiger partial charge is 0.325 e. The fourth-order valence-corrected chi connectivity index (χ4v) is 5.03. The molecule has 0 bridgehead atoms. The lowest BCUT2D eigenvalue weighted by molar-refractivity contribution is -0.137. The van der Waals surface area contributed by atoms with Gasteiger partial charge >= 0.3 is 6.18 Å². The molecule has 0 atom stereocenters. The number of carbonyl (C=O) groups is 2. The third-order valence-corrected chi connectivity index (χ3v) is 6.98. The Labute approximate surface area is 205 Å². The van der Waals surface area contributed by atoms with E-state index < -0.39 is 17.6 Å². The van der Waals surface area contributed by atoms with E-state index in [1.54, 1.807) is 42.5 Å². The number of halogens is 4. The van der Waals surface area contributed by atoms with E-state index in [-0.39, 0.29) is 17.3 Å². The lowest BCUT2D eigenvalue weighted by atomic mass is 10.1. The summed E-state index contributed by atoms with van der Waals surface area (Å²) in [4.78, 5) is 29.1. The molecular formula is C23H15ClF3N3O2S2. The number of amides is 2. The zero-order chi connectivity index (χ0) is 24.3. The first kappa shape index (κ1) is 24.1. The Morgan fingerprint density at radius 2 is 1.74 bits per heavy atom. The van der Waals surface area contributed by atoms with E-state index in [4.69, 9.17) is 11.6 Å². The van der Waals surface area contributed by atoms with Crippen LogP contribution in [0.25, 0.3) is 10.2 Å². The summed E-state index contributed by atoms with van der Waals surface area (Å²) in [7, 11) is 0. The van der Waals surface area contributed by atoms with E-state index >= 15 is 0 Å². The highest BCUT2D eigenvalue weighted by Gasteiger charge is 2.33. The zero-order valence-corrected chi connectivity index (χ0v) is 19.5.